The van der Waals surface area contributed by atoms with Gasteiger partial charge in [-0.2, -0.15) is 0 Å². The molecule has 0 aliphatic heterocycles. The van der Waals surface area contributed by atoms with E-state index in [1.165, 1.54) is 50.5 Å². The zero-order valence-electron chi connectivity index (χ0n) is 22.3. The summed E-state index contributed by atoms with van der Waals surface area (Å²) >= 11 is 7.55. The Labute approximate surface area is 228 Å². The molecule has 0 bridgehead atoms. The molecule has 0 radical (unpaired) electrons. The summed E-state index contributed by atoms with van der Waals surface area (Å²) < 4.78 is 16.0. The predicted molar refractivity (Wildman–Crippen MR) is 162 cm³/mol. The van der Waals surface area contributed by atoms with Crippen LogP contribution in [0.3, 0.4) is 0 Å². The summed E-state index contributed by atoms with van der Waals surface area (Å²) in [5.74, 6) is 0. The van der Waals surface area contributed by atoms with E-state index in [4.69, 9.17) is 8.23 Å². The zero-order valence-corrected chi connectivity index (χ0v) is 28.5. The van der Waals surface area contributed by atoms with Gasteiger partial charge in [-0.05, 0) is 111 Å². The van der Waals surface area contributed by atoms with Gasteiger partial charge in [0.15, 0.2) is 16.6 Å². The minimum Gasteiger partial charge on any atom is -0.437 e. The van der Waals surface area contributed by atoms with Crippen LogP contribution in [-0.2, 0) is 13.6 Å². The Morgan fingerprint density at radius 3 is 1.56 bits per heavy atom. The van der Waals surface area contributed by atoms with Crippen molar-refractivity contribution in [1.29, 1.82) is 0 Å². The van der Waals surface area contributed by atoms with E-state index < -0.39 is 25.2 Å². The van der Waals surface area contributed by atoms with Crippen LogP contribution < -0.4 is 0 Å². The number of fused-ring (bicyclic) bond motifs is 3. The van der Waals surface area contributed by atoms with E-state index in [9.17, 15) is 0 Å². The molecular weight excluding hydrogens is 600 g/mol. The van der Waals surface area contributed by atoms with Crippen molar-refractivity contribution in [2.24, 2.45) is 0 Å². The normalized spacial score (nSPS) is 15.4. The molecule has 2 aromatic carbocycles. The molecule has 1 aliphatic rings. The van der Waals surface area contributed by atoms with Gasteiger partial charge in [-0.15, -0.1) is 0 Å². The summed E-state index contributed by atoms with van der Waals surface area (Å²) in [6.45, 7) is 18.4. The first kappa shape index (κ1) is 28.5. The number of halogens is 2. The fraction of sp³-hybridized carbons (Fsp3) is 0.556. The SMILES string of the molecule is CCCCC1(CCC[Si](C)(O[Si](C)(C)C)O[Si](C)(C)C)c2cc(Br)ccc2-c2ccc(Br)cc21. The fourth-order valence-corrected chi connectivity index (χ4v) is 19.0. The van der Waals surface area contributed by atoms with Gasteiger partial charge in [0.2, 0.25) is 0 Å². The summed E-state index contributed by atoms with van der Waals surface area (Å²) in [6.07, 6.45) is 5.87. The molecule has 1 aliphatic carbocycles. The standard InChI is InChI=1S/C27H42Br2O2Si3/c1-9-10-16-27(17-11-18-34(8,30-32(2,3)4)31-33(5,6)7)25-19-21(28)12-14-23(25)24-15-13-22(29)20-26(24)27/h12-15,19-20H,9-11,16-18H2,1-8H3. The summed E-state index contributed by atoms with van der Waals surface area (Å²) in [5, 5.41) is 0. The van der Waals surface area contributed by atoms with Crippen LogP contribution >= 0.6 is 31.9 Å². The van der Waals surface area contributed by atoms with Gasteiger partial charge in [0.05, 0.1) is 0 Å². The maximum absolute atomic E-state index is 6.83. The molecular formula is C27H42Br2O2Si3. The molecule has 0 amide bonds. The lowest BCUT2D eigenvalue weighted by atomic mass is 9.71. The lowest BCUT2D eigenvalue weighted by molar-refractivity contribution is 0.369. The van der Waals surface area contributed by atoms with Crippen molar-refractivity contribution in [2.45, 2.75) is 96.3 Å². The van der Waals surface area contributed by atoms with Crippen LogP contribution in [0.2, 0.25) is 51.9 Å². The van der Waals surface area contributed by atoms with Gasteiger partial charge in [-0.25, -0.2) is 0 Å². The fourth-order valence-electron chi connectivity index (χ4n) is 5.71. The molecule has 0 heterocycles. The Balaban J connectivity index is 1.99. The van der Waals surface area contributed by atoms with Gasteiger partial charge in [0.25, 0.3) is 0 Å². The minimum atomic E-state index is -2.26. The Kier molecular flexibility index (Phi) is 9.03. The summed E-state index contributed by atoms with van der Waals surface area (Å²) in [4.78, 5) is 0. The first-order chi connectivity index (χ1) is 15.7. The van der Waals surface area contributed by atoms with E-state index in [0.717, 1.165) is 18.9 Å². The zero-order chi connectivity index (χ0) is 25.4. The highest BCUT2D eigenvalue weighted by Gasteiger charge is 2.45. The Morgan fingerprint density at radius 1 is 0.706 bits per heavy atom. The van der Waals surface area contributed by atoms with Crippen molar-refractivity contribution in [3.8, 4) is 11.1 Å². The molecule has 0 atom stereocenters. The molecule has 188 valence electrons. The van der Waals surface area contributed by atoms with Crippen molar-refractivity contribution >= 4 is 57.1 Å². The minimum absolute atomic E-state index is 0.0435. The van der Waals surface area contributed by atoms with Gasteiger partial charge in [-0.1, -0.05) is 70.2 Å². The number of unbranched alkanes of at least 4 members (excludes halogenated alkanes) is 1. The highest BCUT2D eigenvalue weighted by molar-refractivity contribution is 9.10. The molecule has 0 saturated heterocycles. The first-order valence-electron chi connectivity index (χ1n) is 12.7. The number of hydrogen-bond donors (Lipinski definition) is 0. The van der Waals surface area contributed by atoms with Crippen molar-refractivity contribution < 1.29 is 8.23 Å². The number of benzene rings is 2. The molecule has 0 spiro atoms. The Bertz CT molecular complexity index is 944. The smallest absolute Gasteiger partial charge is 0.314 e. The van der Waals surface area contributed by atoms with Crippen molar-refractivity contribution in [2.75, 3.05) is 0 Å². The Morgan fingerprint density at radius 2 is 1.15 bits per heavy atom. The third-order valence-electron chi connectivity index (χ3n) is 6.52. The third kappa shape index (κ3) is 6.84. The maximum atomic E-state index is 6.83. The van der Waals surface area contributed by atoms with Gasteiger partial charge in [0.1, 0.15) is 0 Å². The predicted octanol–water partition coefficient (Wildman–Crippen LogP) is 10.2. The quantitative estimate of drug-likeness (QED) is 0.227. The van der Waals surface area contributed by atoms with E-state index >= 15 is 0 Å². The molecule has 0 fully saturated rings. The van der Waals surface area contributed by atoms with Crippen LogP contribution in [0.5, 0.6) is 0 Å². The number of hydrogen-bond acceptors (Lipinski definition) is 2. The van der Waals surface area contributed by atoms with Crippen LogP contribution in [0, 0.1) is 0 Å². The molecule has 3 rings (SSSR count). The average molecular weight is 643 g/mol. The maximum Gasteiger partial charge on any atom is 0.314 e. The Hall–Kier alpha value is -0.0294. The lowest BCUT2D eigenvalue weighted by Crippen LogP contribution is -2.52. The first-order valence-corrected chi connectivity index (χ1v) is 23.6. The van der Waals surface area contributed by atoms with Crippen molar-refractivity contribution in [3.63, 3.8) is 0 Å². The second-order valence-electron chi connectivity index (χ2n) is 12.0. The topological polar surface area (TPSA) is 18.5 Å². The van der Waals surface area contributed by atoms with E-state index in [1.54, 1.807) is 0 Å². The molecule has 2 nitrogen and oxygen atoms in total. The number of rotatable bonds is 11. The molecule has 0 N–H and O–H groups in total. The van der Waals surface area contributed by atoms with Gasteiger partial charge >= 0.3 is 8.56 Å². The summed E-state index contributed by atoms with van der Waals surface area (Å²) in [7, 11) is -5.65. The van der Waals surface area contributed by atoms with Gasteiger partial charge in [0, 0.05) is 14.4 Å². The second kappa shape index (κ2) is 10.8. The van der Waals surface area contributed by atoms with Crippen molar-refractivity contribution in [3.05, 3.63) is 56.5 Å². The average Bonchev–Trinajstić information content (AvgIpc) is 2.92. The van der Waals surface area contributed by atoms with E-state index in [0.29, 0.717) is 0 Å². The van der Waals surface area contributed by atoms with Gasteiger partial charge < -0.3 is 8.23 Å². The van der Waals surface area contributed by atoms with Crippen LogP contribution in [0.15, 0.2) is 45.3 Å². The lowest BCUT2D eigenvalue weighted by Gasteiger charge is -2.39. The van der Waals surface area contributed by atoms with Crippen LogP contribution in [0.1, 0.15) is 50.2 Å². The molecule has 2 aromatic rings. The second-order valence-corrected chi connectivity index (χ2v) is 26.7. The highest BCUT2D eigenvalue weighted by Crippen LogP contribution is 2.55. The molecule has 0 unspecified atom stereocenters. The molecule has 0 saturated carbocycles. The summed E-state index contributed by atoms with van der Waals surface area (Å²) in [6, 6.07) is 14.8. The van der Waals surface area contributed by atoms with E-state index in [-0.39, 0.29) is 5.41 Å². The largest absolute Gasteiger partial charge is 0.437 e. The van der Waals surface area contributed by atoms with E-state index in [2.05, 4.69) is 121 Å². The highest BCUT2D eigenvalue weighted by atomic mass is 79.9. The van der Waals surface area contributed by atoms with Crippen molar-refractivity contribution in [1.82, 2.24) is 0 Å². The molecule has 7 heteroatoms. The summed E-state index contributed by atoms with van der Waals surface area (Å²) in [5.41, 5.74) is 5.83. The third-order valence-corrected chi connectivity index (χ3v) is 17.1. The van der Waals surface area contributed by atoms with Crippen LogP contribution in [-0.4, -0.2) is 25.2 Å². The van der Waals surface area contributed by atoms with Crippen LogP contribution in [0.25, 0.3) is 11.1 Å². The van der Waals surface area contributed by atoms with E-state index in [1.807, 2.05) is 0 Å². The molecule has 0 aromatic heterocycles. The molecule has 34 heavy (non-hydrogen) atoms. The van der Waals surface area contributed by atoms with Crippen LogP contribution in [0.4, 0.5) is 0 Å². The monoisotopic (exact) mass is 640 g/mol. The van der Waals surface area contributed by atoms with Gasteiger partial charge in [-0.3, -0.25) is 0 Å².